The predicted molar refractivity (Wildman–Crippen MR) is 203 cm³/mol. The average molecular weight is 650 g/mol. The van der Waals surface area contributed by atoms with Crippen LogP contribution >= 0.6 is 0 Å². The third-order valence-electron chi connectivity index (χ3n) is 9.86. The Kier molecular flexibility index (Phi) is 6.96. The molecule has 9 rings (SSSR count). The van der Waals surface area contributed by atoms with E-state index in [-0.39, 0.29) is 0 Å². The van der Waals surface area contributed by atoms with E-state index < -0.39 is 0 Å². The summed E-state index contributed by atoms with van der Waals surface area (Å²) in [6, 6.07) is 58.0. The molecule has 0 radical (unpaired) electrons. The molecule has 0 amide bonds. The highest BCUT2D eigenvalue weighted by atomic mass is 15.2. The van der Waals surface area contributed by atoms with Crippen LogP contribution in [0.2, 0.25) is 0 Å². The number of nitrogens with zero attached hydrogens (tertiary/aromatic N) is 5. The topological polar surface area (TPSA) is 79.5 Å². The molecule has 51 heavy (non-hydrogen) atoms. The van der Waals surface area contributed by atoms with Crippen molar-refractivity contribution < 1.29 is 0 Å². The molecule has 0 saturated heterocycles. The summed E-state index contributed by atoms with van der Waals surface area (Å²) in [5, 5.41) is 32.8. The first kappa shape index (κ1) is 29.7. The lowest BCUT2D eigenvalue weighted by Crippen LogP contribution is -2.18. The molecule has 5 heteroatoms. The highest BCUT2D eigenvalue weighted by Crippen LogP contribution is 2.46. The number of benzene rings is 7. The van der Waals surface area contributed by atoms with Crippen LogP contribution in [0.15, 0.2) is 152 Å². The molecule has 0 bridgehead atoms. The minimum atomic E-state index is 0.531. The number of hydrogen-bond donors (Lipinski definition) is 0. The summed E-state index contributed by atoms with van der Waals surface area (Å²) in [5.41, 5.74) is 13.3. The first-order chi connectivity index (χ1) is 25.2. The second-order valence-electron chi connectivity index (χ2n) is 12.7. The quantitative estimate of drug-likeness (QED) is 0.190. The van der Waals surface area contributed by atoms with Gasteiger partial charge in [0.15, 0.2) is 0 Å². The lowest BCUT2D eigenvalue weighted by molar-refractivity contribution is 1.08. The van der Waals surface area contributed by atoms with E-state index in [1.807, 2.05) is 91.0 Å². The Hall–Kier alpha value is -7.39. The Labute approximate surface area is 295 Å². The zero-order chi connectivity index (χ0) is 34.5. The summed E-state index contributed by atoms with van der Waals surface area (Å²) in [4.78, 5) is 2.20. The van der Waals surface area contributed by atoms with Gasteiger partial charge in [0, 0.05) is 39.8 Å². The largest absolute Gasteiger partial charge is 0.310 e. The number of rotatable bonds is 4. The normalized spacial score (nSPS) is 11.7. The van der Waals surface area contributed by atoms with Crippen LogP contribution < -0.4 is 4.90 Å². The van der Waals surface area contributed by atoms with Crippen molar-refractivity contribution in [2.75, 3.05) is 4.90 Å². The van der Waals surface area contributed by atoms with E-state index in [1.165, 1.54) is 0 Å². The maximum absolute atomic E-state index is 10.5. The first-order valence-corrected chi connectivity index (χ1v) is 16.7. The molecule has 0 N–H and O–H groups in total. The summed E-state index contributed by atoms with van der Waals surface area (Å²) < 4.78 is 2.21. The summed E-state index contributed by atoms with van der Waals surface area (Å²) in [6.07, 6.45) is 0.714. The van der Waals surface area contributed by atoms with Gasteiger partial charge in [-0.1, -0.05) is 91.0 Å². The SMILES string of the molecule is N#Cc1cc(-c2ccccc2-c2cccc(C#N)c2-n2c3ccccc3c3ccccc32)cc(N2c3ccccc3Cc3cc(C#N)ccc32)c1. The van der Waals surface area contributed by atoms with Gasteiger partial charge in [-0.15, -0.1) is 0 Å². The number of para-hydroxylation sites is 4. The van der Waals surface area contributed by atoms with Gasteiger partial charge in [0.2, 0.25) is 0 Å². The molecule has 7 aromatic carbocycles. The summed E-state index contributed by atoms with van der Waals surface area (Å²) in [7, 11) is 0. The molecular formula is C46H27N5. The van der Waals surface area contributed by atoms with Gasteiger partial charge in [-0.3, -0.25) is 0 Å². The van der Waals surface area contributed by atoms with Crippen molar-refractivity contribution in [2.45, 2.75) is 6.42 Å². The molecule has 0 unspecified atom stereocenters. The van der Waals surface area contributed by atoms with Crippen molar-refractivity contribution in [1.29, 1.82) is 15.8 Å². The third kappa shape index (κ3) is 4.75. The number of aromatic nitrogens is 1. The smallest absolute Gasteiger partial charge is 0.101 e. The van der Waals surface area contributed by atoms with Gasteiger partial charge in [-0.25, -0.2) is 0 Å². The van der Waals surface area contributed by atoms with Gasteiger partial charge < -0.3 is 9.47 Å². The monoisotopic (exact) mass is 649 g/mol. The number of fused-ring (bicyclic) bond motifs is 5. The van der Waals surface area contributed by atoms with Gasteiger partial charge >= 0.3 is 0 Å². The Morgan fingerprint density at radius 2 is 1.12 bits per heavy atom. The minimum absolute atomic E-state index is 0.531. The van der Waals surface area contributed by atoms with Crippen LogP contribution in [0.25, 0.3) is 49.7 Å². The molecule has 5 nitrogen and oxygen atoms in total. The molecule has 2 heterocycles. The van der Waals surface area contributed by atoms with Gasteiger partial charge in [0.1, 0.15) is 6.07 Å². The van der Waals surface area contributed by atoms with E-state index in [1.54, 1.807) is 0 Å². The fourth-order valence-corrected chi connectivity index (χ4v) is 7.69. The molecule has 8 aromatic rings. The second-order valence-corrected chi connectivity index (χ2v) is 12.7. The molecular weight excluding hydrogens is 623 g/mol. The minimum Gasteiger partial charge on any atom is -0.310 e. The summed E-state index contributed by atoms with van der Waals surface area (Å²) >= 11 is 0. The molecule has 0 atom stereocenters. The van der Waals surface area contributed by atoms with E-state index in [2.05, 4.69) is 88.3 Å². The van der Waals surface area contributed by atoms with E-state index in [9.17, 15) is 15.8 Å². The van der Waals surface area contributed by atoms with Crippen molar-refractivity contribution in [2.24, 2.45) is 0 Å². The predicted octanol–water partition coefficient (Wildman–Crippen LogP) is 11.1. The maximum atomic E-state index is 10.5. The Bertz CT molecular complexity index is 2790. The van der Waals surface area contributed by atoms with E-state index in [0.717, 1.165) is 77.9 Å². The number of nitriles is 3. The summed E-state index contributed by atoms with van der Waals surface area (Å²) in [6.45, 7) is 0. The molecule has 0 aliphatic carbocycles. The number of anilines is 3. The van der Waals surface area contributed by atoms with Crippen molar-refractivity contribution in [1.82, 2.24) is 4.57 Å². The van der Waals surface area contributed by atoms with Crippen molar-refractivity contribution >= 4 is 38.9 Å². The zero-order valence-electron chi connectivity index (χ0n) is 27.4. The molecule has 1 aromatic heterocycles. The Morgan fingerprint density at radius 1 is 0.471 bits per heavy atom. The Morgan fingerprint density at radius 3 is 1.86 bits per heavy atom. The fourth-order valence-electron chi connectivity index (χ4n) is 7.69. The van der Waals surface area contributed by atoms with Crippen molar-refractivity contribution in [3.63, 3.8) is 0 Å². The third-order valence-corrected chi connectivity index (χ3v) is 9.86. The fraction of sp³-hybridized carbons (Fsp3) is 0.0217. The molecule has 1 aliphatic rings. The lowest BCUT2D eigenvalue weighted by atomic mass is 9.90. The lowest BCUT2D eigenvalue weighted by Gasteiger charge is -2.34. The average Bonchev–Trinajstić information content (AvgIpc) is 3.53. The van der Waals surface area contributed by atoms with Gasteiger partial charge in [0.05, 0.1) is 45.5 Å². The second kappa shape index (κ2) is 11.9. The highest BCUT2D eigenvalue weighted by Gasteiger charge is 2.26. The Balaban J connectivity index is 1.29. The van der Waals surface area contributed by atoms with Gasteiger partial charge in [-0.05, 0) is 88.5 Å². The van der Waals surface area contributed by atoms with Crippen molar-refractivity contribution in [3.8, 4) is 46.1 Å². The van der Waals surface area contributed by atoms with Crippen LogP contribution in [0.1, 0.15) is 27.8 Å². The summed E-state index contributed by atoms with van der Waals surface area (Å²) in [5.74, 6) is 0. The number of hydrogen-bond acceptors (Lipinski definition) is 4. The van der Waals surface area contributed by atoms with Crippen LogP contribution in [0.3, 0.4) is 0 Å². The molecule has 236 valence electrons. The van der Waals surface area contributed by atoms with Crippen LogP contribution in [-0.2, 0) is 6.42 Å². The van der Waals surface area contributed by atoms with Gasteiger partial charge in [-0.2, -0.15) is 15.8 Å². The van der Waals surface area contributed by atoms with Crippen LogP contribution in [0.4, 0.5) is 17.1 Å². The van der Waals surface area contributed by atoms with E-state index in [0.29, 0.717) is 23.1 Å². The maximum Gasteiger partial charge on any atom is 0.101 e. The van der Waals surface area contributed by atoms with Crippen LogP contribution in [0.5, 0.6) is 0 Å². The molecule has 0 spiro atoms. The van der Waals surface area contributed by atoms with E-state index in [4.69, 9.17) is 0 Å². The van der Waals surface area contributed by atoms with Crippen molar-refractivity contribution in [3.05, 3.63) is 179 Å². The van der Waals surface area contributed by atoms with Gasteiger partial charge in [0.25, 0.3) is 0 Å². The molecule has 0 saturated carbocycles. The highest BCUT2D eigenvalue weighted by molar-refractivity contribution is 6.10. The molecule has 0 fully saturated rings. The van der Waals surface area contributed by atoms with E-state index >= 15 is 0 Å². The molecule has 1 aliphatic heterocycles. The zero-order valence-corrected chi connectivity index (χ0v) is 27.4. The van der Waals surface area contributed by atoms with Crippen LogP contribution in [-0.4, -0.2) is 4.57 Å². The standard InChI is InChI=1S/C46H27N5/c47-27-30-20-21-43-35(22-30)25-32-10-1-6-17-42(32)50(43)36-24-31(28-48)23-34(26-36)37-12-2-3-13-38(37)41-16-9-11-33(29-49)46(41)51-44-18-7-4-14-39(44)40-15-5-8-19-45(40)51/h1-24,26H,25H2. The van der Waals surface area contributed by atoms with Crippen LogP contribution in [0, 0.1) is 34.0 Å². The first-order valence-electron chi connectivity index (χ1n) is 16.7.